The Labute approximate surface area is 194 Å². The van der Waals surface area contributed by atoms with Crippen molar-refractivity contribution in [2.75, 3.05) is 18.4 Å². The molecule has 6 nitrogen and oxygen atoms in total. The van der Waals surface area contributed by atoms with Crippen LogP contribution >= 0.6 is 34.4 Å². The number of hydrogen-bond donors (Lipinski definition) is 1. The molecule has 1 saturated carbocycles. The maximum atomic E-state index is 15.2. The van der Waals surface area contributed by atoms with E-state index >= 15 is 4.39 Å². The van der Waals surface area contributed by atoms with Crippen LogP contribution in [0.15, 0.2) is 23.1 Å². The van der Waals surface area contributed by atoms with Gasteiger partial charge in [0.2, 0.25) is 0 Å². The van der Waals surface area contributed by atoms with Crippen molar-refractivity contribution in [1.82, 2.24) is 14.5 Å². The number of amides is 1. The minimum Gasteiger partial charge on any atom is -0.444 e. The van der Waals surface area contributed by atoms with Gasteiger partial charge in [-0.05, 0) is 73.7 Å². The first kappa shape index (κ1) is 22.7. The highest BCUT2D eigenvalue weighted by molar-refractivity contribution is 14.1. The number of anilines is 1. The van der Waals surface area contributed by atoms with Gasteiger partial charge in [-0.2, -0.15) is 18.3 Å². The van der Waals surface area contributed by atoms with E-state index in [1.165, 1.54) is 9.42 Å². The Morgan fingerprint density at radius 1 is 1.32 bits per heavy atom. The molecule has 0 bridgehead atoms. The van der Waals surface area contributed by atoms with Gasteiger partial charge in [0.25, 0.3) is 0 Å². The summed E-state index contributed by atoms with van der Waals surface area (Å²) < 4.78 is 61.0. The van der Waals surface area contributed by atoms with Gasteiger partial charge >= 0.3 is 11.6 Å². The monoisotopic (exact) mass is 572 g/mol. The van der Waals surface area contributed by atoms with Crippen molar-refractivity contribution >= 4 is 51.8 Å². The second kappa shape index (κ2) is 7.56. The Morgan fingerprint density at radius 2 is 2.03 bits per heavy atom. The van der Waals surface area contributed by atoms with Crippen molar-refractivity contribution in [1.29, 1.82) is 0 Å². The molecule has 0 radical (unpaired) electrons. The Balaban J connectivity index is 1.55. The first-order chi connectivity index (χ1) is 14.3. The Morgan fingerprint density at radius 3 is 2.65 bits per heavy atom. The van der Waals surface area contributed by atoms with Crippen LogP contribution in [0.4, 0.5) is 28.2 Å². The fourth-order valence-corrected chi connectivity index (χ4v) is 5.36. The zero-order valence-electron chi connectivity index (χ0n) is 17.0. The fraction of sp³-hybridized carbons (Fsp3) is 0.579. The summed E-state index contributed by atoms with van der Waals surface area (Å²) in [4.78, 5) is 13.7. The number of rotatable bonds is 3. The van der Waals surface area contributed by atoms with Gasteiger partial charge < -0.3 is 15.0 Å². The molecule has 12 heteroatoms. The van der Waals surface area contributed by atoms with E-state index in [0.29, 0.717) is 24.3 Å². The van der Waals surface area contributed by atoms with Crippen molar-refractivity contribution in [3.05, 3.63) is 21.9 Å². The van der Waals surface area contributed by atoms with Crippen LogP contribution in [0, 0.1) is 9.62 Å². The zero-order chi connectivity index (χ0) is 22.8. The van der Waals surface area contributed by atoms with Crippen LogP contribution < -0.4 is 5.32 Å². The summed E-state index contributed by atoms with van der Waals surface area (Å²) in [5.41, 5.74) is -5.68. The number of pyridine rings is 1. The molecule has 2 fully saturated rings. The summed E-state index contributed by atoms with van der Waals surface area (Å²) in [5, 5.41) is 7.42. The number of carbonyl (C=O) groups is 1. The van der Waals surface area contributed by atoms with Gasteiger partial charge in [-0.1, -0.05) is 6.07 Å². The third-order valence-corrected chi connectivity index (χ3v) is 7.29. The SMILES string of the molecule is CC(C)(C)OC(=O)N1CC(F)C2(Nc3cccc4c(SC(F)(F)F)c(I)nn34)CC2C1. The van der Waals surface area contributed by atoms with Gasteiger partial charge in [-0.3, -0.25) is 0 Å². The Bertz CT molecular complexity index is 1020. The molecule has 0 aromatic carbocycles. The van der Waals surface area contributed by atoms with Crippen molar-refractivity contribution < 1.29 is 27.1 Å². The summed E-state index contributed by atoms with van der Waals surface area (Å²) >= 11 is 1.55. The van der Waals surface area contributed by atoms with Crippen LogP contribution in [0.2, 0.25) is 0 Å². The minimum atomic E-state index is -4.44. The number of piperidine rings is 1. The first-order valence-corrected chi connectivity index (χ1v) is 11.5. The van der Waals surface area contributed by atoms with E-state index in [1.54, 1.807) is 61.6 Å². The first-order valence-electron chi connectivity index (χ1n) is 9.62. The number of aromatic nitrogens is 2. The molecule has 2 aromatic rings. The second-order valence-corrected chi connectivity index (χ2v) is 10.9. The van der Waals surface area contributed by atoms with Crippen molar-refractivity contribution in [3.8, 4) is 0 Å². The number of hydrogen-bond acceptors (Lipinski definition) is 5. The van der Waals surface area contributed by atoms with Crippen LogP contribution in [-0.2, 0) is 4.74 Å². The molecule has 1 saturated heterocycles. The van der Waals surface area contributed by atoms with E-state index in [2.05, 4.69) is 10.4 Å². The van der Waals surface area contributed by atoms with Crippen LogP contribution in [0.5, 0.6) is 0 Å². The molecule has 3 heterocycles. The lowest BCUT2D eigenvalue weighted by molar-refractivity contribution is -0.0328. The summed E-state index contributed by atoms with van der Waals surface area (Å²) in [6.45, 7) is 5.50. The highest BCUT2D eigenvalue weighted by Crippen LogP contribution is 2.53. The molecule has 31 heavy (non-hydrogen) atoms. The summed E-state index contributed by atoms with van der Waals surface area (Å²) in [5.74, 6) is 0.290. The molecule has 4 rings (SSSR count). The number of halogens is 5. The summed E-state index contributed by atoms with van der Waals surface area (Å²) in [6, 6.07) is 4.83. The lowest BCUT2D eigenvalue weighted by Crippen LogP contribution is -2.52. The second-order valence-electron chi connectivity index (χ2n) is 8.80. The molecule has 2 aliphatic rings. The largest absolute Gasteiger partial charge is 0.446 e. The number of nitrogens with zero attached hydrogens (tertiary/aromatic N) is 3. The van der Waals surface area contributed by atoms with Crippen molar-refractivity contribution in [2.45, 2.75) is 54.9 Å². The zero-order valence-corrected chi connectivity index (χ0v) is 19.9. The van der Waals surface area contributed by atoms with Crippen LogP contribution in [0.1, 0.15) is 27.2 Å². The number of fused-ring (bicyclic) bond motifs is 2. The van der Waals surface area contributed by atoms with Gasteiger partial charge in [0, 0.05) is 12.5 Å². The van der Waals surface area contributed by atoms with E-state index in [0.717, 1.165) is 0 Å². The van der Waals surface area contributed by atoms with Gasteiger partial charge in [-0.15, -0.1) is 0 Å². The Kier molecular flexibility index (Phi) is 5.55. The van der Waals surface area contributed by atoms with Gasteiger partial charge in [0.05, 0.1) is 22.5 Å². The molecule has 1 aliphatic heterocycles. The topological polar surface area (TPSA) is 58.9 Å². The van der Waals surface area contributed by atoms with E-state index in [9.17, 15) is 18.0 Å². The lowest BCUT2D eigenvalue weighted by Gasteiger charge is -2.36. The van der Waals surface area contributed by atoms with Gasteiger partial charge in [-0.25, -0.2) is 13.7 Å². The standard InChI is InChI=1S/C19H21F4IN4O2S/c1-17(2,3)30-16(29)27-8-10-7-18(10,12(20)9-27)25-13-6-4-5-11-14(31-19(21,22)23)15(24)26-28(11)13/h4-6,10,12,25H,7-9H2,1-3H3. The molecular formula is C19H21F4IN4O2S. The summed E-state index contributed by atoms with van der Waals surface area (Å²) in [7, 11) is 0. The number of carbonyl (C=O) groups excluding carboxylic acids is 1. The van der Waals surface area contributed by atoms with E-state index in [-0.39, 0.29) is 32.8 Å². The van der Waals surface area contributed by atoms with Gasteiger partial charge in [0.1, 0.15) is 21.3 Å². The van der Waals surface area contributed by atoms with Crippen molar-refractivity contribution in [3.63, 3.8) is 0 Å². The lowest BCUT2D eigenvalue weighted by atomic mass is 10.0. The molecule has 3 unspecified atom stereocenters. The predicted molar refractivity (Wildman–Crippen MR) is 117 cm³/mol. The quantitative estimate of drug-likeness (QED) is 0.307. The normalized spacial score (nSPS) is 26.0. The van der Waals surface area contributed by atoms with Crippen LogP contribution in [-0.4, -0.2) is 56.5 Å². The fourth-order valence-electron chi connectivity index (χ4n) is 3.93. The number of nitrogens with one attached hydrogen (secondary N) is 1. The minimum absolute atomic E-state index is 0.0122. The molecule has 1 N–H and O–H groups in total. The number of likely N-dealkylation sites (tertiary alicyclic amines) is 1. The molecule has 1 aliphatic carbocycles. The molecule has 0 spiro atoms. The predicted octanol–water partition coefficient (Wildman–Crippen LogP) is 5.31. The molecule has 3 atom stereocenters. The molecule has 1 amide bonds. The molecule has 170 valence electrons. The van der Waals surface area contributed by atoms with Crippen molar-refractivity contribution in [2.24, 2.45) is 5.92 Å². The van der Waals surface area contributed by atoms with Crippen LogP contribution in [0.3, 0.4) is 0 Å². The third-order valence-electron chi connectivity index (χ3n) is 5.34. The van der Waals surface area contributed by atoms with E-state index < -0.39 is 28.9 Å². The maximum absolute atomic E-state index is 15.2. The number of alkyl halides is 4. The molecule has 2 aromatic heterocycles. The summed E-state index contributed by atoms with van der Waals surface area (Å²) in [6.07, 6.45) is -1.40. The average Bonchev–Trinajstić information content (AvgIpc) is 3.25. The van der Waals surface area contributed by atoms with Crippen LogP contribution in [0.25, 0.3) is 5.52 Å². The van der Waals surface area contributed by atoms with E-state index in [4.69, 9.17) is 4.74 Å². The highest BCUT2D eigenvalue weighted by atomic mass is 127. The third kappa shape index (κ3) is 4.55. The highest BCUT2D eigenvalue weighted by Gasteiger charge is 2.64. The Hall–Kier alpha value is -1.44. The molecular weight excluding hydrogens is 551 g/mol. The maximum Gasteiger partial charge on any atom is 0.446 e. The van der Waals surface area contributed by atoms with E-state index in [1.807, 2.05) is 0 Å². The number of thioether (sulfide) groups is 1. The number of ether oxygens (including phenoxy) is 1. The smallest absolute Gasteiger partial charge is 0.444 e. The average molecular weight is 572 g/mol. The van der Waals surface area contributed by atoms with Gasteiger partial charge in [0.15, 0.2) is 0 Å².